The molecule has 31 heavy (non-hydrogen) atoms. The highest BCUT2D eigenvalue weighted by atomic mass is 16.6. The summed E-state index contributed by atoms with van der Waals surface area (Å²) in [5.74, 6) is -0.402. The highest BCUT2D eigenvalue weighted by Gasteiger charge is 2.22. The lowest BCUT2D eigenvalue weighted by Crippen LogP contribution is -2.51. The van der Waals surface area contributed by atoms with E-state index >= 15 is 0 Å². The first-order valence-corrected chi connectivity index (χ1v) is 10.1. The van der Waals surface area contributed by atoms with E-state index in [0.29, 0.717) is 31.7 Å². The summed E-state index contributed by atoms with van der Waals surface area (Å²) in [5, 5.41) is 15.5. The van der Waals surface area contributed by atoms with Crippen LogP contribution in [0.15, 0.2) is 66.7 Å². The lowest BCUT2D eigenvalue weighted by atomic mass is 10.1. The summed E-state index contributed by atoms with van der Waals surface area (Å²) in [6, 6.07) is 19.7. The number of rotatable bonds is 5. The normalized spacial score (nSPS) is 13.8. The van der Waals surface area contributed by atoms with E-state index in [0.717, 1.165) is 16.5 Å². The van der Waals surface area contributed by atoms with Crippen molar-refractivity contribution in [2.45, 2.75) is 0 Å². The fourth-order valence-corrected chi connectivity index (χ4v) is 3.70. The molecule has 1 saturated heterocycles. The summed E-state index contributed by atoms with van der Waals surface area (Å²) < 4.78 is 0. The van der Waals surface area contributed by atoms with Gasteiger partial charge >= 0.3 is 0 Å². The van der Waals surface area contributed by atoms with E-state index in [2.05, 4.69) is 10.2 Å². The predicted molar refractivity (Wildman–Crippen MR) is 118 cm³/mol. The van der Waals surface area contributed by atoms with Crippen LogP contribution in [0.25, 0.3) is 10.8 Å². The highest BCUT2D eigenvalue weighted by Crippen LogP contribution is 2.20. The van der Waals surface area contributed by atoms with Crippen LogP contribution in [-0.2, 0) is 4.79 Å². The summed E-state index contributed by atoms with van der Waals surface area (Å²) in [5.41, 5.74) is 1.47. The van der Waals surface area contributed by atoms with Crippen LogP contribution < -0.4 is 10.2 Å². The molecule has 3 aromatic rings. The molecule has 0 radical (unpaired) electrons. The maximum Gasteiger partial charge on any atom is 0.269 e. The van der Waals surface area contributed by atoms with Crippen LogP contribution in [0.1, 0.15) is 10.4 Å². The zero-order valence-electron chi connectivity index (χ0n) is 16.9. The molecule has 3 aromatic carbocycles. The van der Waals surface area contributed by atoms with Gasteiger partial charge in [0.2, 0.25) is 5.91 Å². The number of piperazine rings is 1. The zero-order chi connectivity index (χ0) is 21.8. The minimum atomic E-state index is -0.424. The fraction of sp³-hybridized carbons (Fsp3) is 0.217. The van der Waals surface area contributed by atoms with Crippen LogP contribution in [0.3, 0.4) is 0 Å². The summed E-state index contributed by atoms with van der Waals surface area (Å²) in [4.78, 5) is 39.1. The maximum atomic E-state index is 12.5. The topological polar surface area (TPSA) is 95.8 Å². The SMILES string of the molecule is O=C(NCC(=O)N1CCN(c2ccc([N+](=O)[O-])cc2)CC1)c1ccc2ccccc2c1. The number of nitrogens with zero attached hydrogens (tertiary/aromatic N) is 3. The van der Waals surface area contributed by atoms with Gasteiger partial charge in [0.05, 0.1) is 11.5 Å². The van der Waals surface area contributed by atoms with Crippen LogP contribution in [0.5, 0.6) is 0 Å². The molecule has 0 aliphatic carbocycles. The third-order valence-corrected chi connectivity index (χ3v) is 5.47. The second kappa shape index (κ2) is 8.83. The summed E-state index contributed by atoms with van der Waals surface area (Å²) in [7, 11) is 0. The van der Waals surface area contributed by atoms with Gasteiger partial charge in [-0.2, -0.15) is 0 Å². The molecular formula is C23H22N4O4. The number of carbonyl (C=O) groups excluding carboxylic acids is 2. The minimum absolute atomic E-state index is 0.0524. The molecule has 4 rings (SSSR count). The average Bonchev–Trinajstić information content (AvgIpc) is 2.82. The summed E-state index contributed by atoms with van der Waals surface area (Å²) in [6.45, 7) is 2.26. The first-order chi connectivity index (χ1) is 15.0. The molecule has 0 aromatic heterocycles. The van der Waals surface area contributed by atoms with Crippen molar-refractivity contribution in [3.63, 3.8) is 0 Å². The maximum absolute atomic E-state index is 12.5. The Hall–Kier alpha value is -3.94. The Labute approximate surface area is 179 Å². The molecule has 1 heterocycles. The quantitative estimate of drug-likeness (QED) is 0.508. The Morgan fingerprint density at radius 1 is 0.903 bits per heavy atom. The number of nitro groups is 1. The number of anilines is 1. The molecule has 2 amide bonds. The van der Waals surface area contributed by atoms with E-state index in [4.69, 9.17) is 0 Å². The standard InChI is InChI=1S/C23H22N4O4/c28-22(16-24-23(29)19-6-5-17-3-1-2-4-18(17)15-19)26-13-11-25(12-14-26)20-7-9-21(10-8-20)27(30)31/h1-10,15H,11-14,16H2,(H,24,29). The summed E-state index contributed by atoms with van der Waals surface area (Å²) in [6.07, 6.45) is 0. The number of hydrogen-bond acceptors (Lipinski definition) is 5. The van der Waals surface area contributed by atoms with Crippen LogP contribution in [0.2, 0.25) is 0 Å². The summed E-state index contributed by atoms with van der Waals surface area (Å²) >= 11 is 0. The number of carbonyl (C=O) groups is 2. The van der Waals surface area contributed by atoms with Gasteiger partial charge in [0.15, 0.2) is 0 Å². The highest BCUT2D eigenvalue weighted by molar-refractivity contribution is 6.00. The number of benzene rings is 3. The van der Waals surface area contributed by atoms with Gasteiger partial charge in [-0.25, -0.2) is 0 Å². The lowest BCUT2D eigenvalue weighted by molar-refractivity contribution is -0.384. The van der Waals surface area contributed by atoms with Crippen molar-refractivity contribution < 1.29 is 14.5 Å². The largest absolute Gasteiger partial charge is 0.368 e. The number of nitrogens with one attached hydrogen (secondary N) is 1. The Morgan fingerprint density at radius 2 is 1.58 bits per heavy atom. The van der Waals surface area contributed by atoms with Crippen LogP contribution in [-0.4, -0.2) is 54.4 Å². The lowest BCUT2D eigenvalue weighted by Gasteiger charge is -2.36. The van der Waals surface area contributed by atoms with Crippen LogP contribution in [0, 0.1) is 10.1 Å². The van der Waals surface area contributed by atoms with E-state index in [1.54, 1.807) is 23.1 Å². The number of amides is 2. The number of fused-ring (bicyclic) bond motifs is 1. The molecule has 0 bridgehead atoms. The third-order valence-electron chi connectivity index (χ3n) is 5.47. The van der Waals surface area contributed by atoms with Crippen LogP contribution >= 0.6 is 0 Å². The zero-order valence-corrected chi connectivity index (χ0v) is 16.9. The smallest absolute Gasteiger partial charge is 0.269 e. The van der Waals surface area contributed by atoms with Crippen molar-refractivity contribution >= 4 is 34.0 Å². The molecule has 1 N–H and O–H groups in total. The first-order valence-electron chi connectivity index (χ1n) is 10.1. The van der Waals surface area contributed by atoms with Gasteiger partial charge in [-0.05, 0) is 35.0 Å². The molecule has 1 fully saturated rings. The molecular weight excluding hydrogens is 396 g/mol. The van der Waals surface area contributed by atoms with Crippen molar-refractivity contribution in [3.8, 4) is 0 Å². The van der Waals surface area contributed by atoms with Gasteiger partial charge in [0, 0.05) is 49.6 Å². The Morgan fingerprint density at radius 3 is 2.26 bits per heavy atom. The van der Waals surface area contributed by atoms with Gasteiger partial charge in [-0.3, -0.25) is 19.7 Å². The molecule has 1 aliphatic rings. The number of non-ortho nitro benzene ring substituents is 1. The number of nitro benzene ring substituents is 1. The van der Waals surface area contributed by atoms with Crippen molar-refractivity contribution in [3.05, 3.63) is 82.4 Å². The Balaban J connectivity index is 1.28. The molecule has 158 valence electrons. The first kappa shape index (κ1) is 20.3. The average molecular weight is 418 g/mol. The van der Waals surface area contributed by atoms with Crippen molar-refractivity contribution in [1.29, 1.82) is 0 Å². The predicted octanol–water partition coefficient (Wildman–Crippen LogP) is 2.83. The second-order valence-electron chi connectivity index (χ2n) is 7.39. The van der Waals surface area contributed by atoms with Crippen molar-refractivity contribution in [2.75, 3.05) is 37.6 Å². The third kappa shape index (κ3) is 4.63. The van der Waals surface area contributed by atoms with Crippen LogP contribution in [0.4, 0.5) is 11.4 Å². The van der Waals surface area contributed by atoms with E-state index in [1.165, 1.54) is 12.1 Å². The van der Waals surface area contributed by atoms with Crippen molar-refractivity contribution in [1.82, 2.24) is 10.2 Å². The minimum Gasteiger partial charge on any atom is -0.368 e. The van der Waals surface area contributed by atoms with E-state index < -0.39 is 4.92 Å². The Kier molecular flexibility index (Phi) is 5.79. The van der Waals surface area contributed by atoms with E-state index in [-0.39, 0.29) is 24.0 Å². The van der Waals surface area contributed by atoms with E-state index in [1.807, 2.05) is 36.4 Å². The molecule has 8 heteroatoms. The molecule has 1 aliphatic heterocycles. The van der Waals surface area contributed by atoms with Gasteiger partial charge in [-0.1, -0.05) is 30.3 Å². The molecule has 0 unspecified atom stereocenters. The van der Waals surface area contributed by atoms with Gasteiger partial charge < -0.3 is 15.1 Å². The molecule has 0 saturated carbocycles. The molecule has 0 spiro atoms. The van der Waals surface area contributed by atoms with Gasteiger partial charge in [0.25, 0.3) is 11.6 Å². The molecule has 8 nitrogen and oxygen atoms in total. The van der Waals surface area contributed by atoms with Gasteiger partial charge in [0.1, 0.15) is 0 Å². The monoisotopic (exact) mass is 418 g/mol. The Bertz CT molecular complexity index is 1120. The van der Waals surface area contributed by atoms with Gasteiger partial charge in [-0.15, -0.1) is 0 Å². The fourth-order valence-electron chi connectivity index (χ4n) is 3.70. The molecule has 0 atom stereocenters. The second-order valence-corrected chi connectivity index (χ2v) is 7.39. The number of hydrogen-bond donors (Lipinski definition) is 1. The van der Waals surface area contributed by atoms with Crippen molar-refractivity contribution in [2.24, 2.45) is 0 Å². The van der Waals surface area contributed by atoms with E-state index in [9.17, 15) is 19.7 Å².